The van der Waals surface area contributed by atoms with Crippen molar-refractivity contribution in [3.05, 3.63) is 28.2 Å². The molecule has 1 amide bonds. The second-order valence-corrected chi connectivity index (χ2v) is 8.49. The summed E-state index contributed by atoms with van der Waals surface area (Å²) in [7, 11) is 1.80. The van der Waals surface area contributed by atoms with E-state index in [1.54, 1.807) is 11.9 Å². The first kappa shape index (κ1) is 17.4. The van der Waals surface area contributed by atoms with Crippen molar-refractivity contribution in [3.8, 4) is 5.75 Å². The van der Waals surface area contributed by atoms with Crippen molar-refractivity contribution in [1.82, 2.24) is 4.90 Å². The number of halogens is 1. The van der Waals surface area contributed by atoms with Crippen LogP contribution in [0.4, 0.5) is 0 Å². The lowest BCUT2D eigenvalue weighted by Gasteiger charge is -2.40. The molecule has 0 N–H and O–H groups in total. The number of carbonyl (C=O) groups excluding carboxylic acids is 1. The van der Waals surface area contributed by atoms with E-state index in [9.17, 15) is 4.79 Å². The van der Waals surface area contributed by atoms with Crippen LogP contribution in [0.2, 0.25) is 0 Å². The molecular weight excluding hydrogens is 404 g/mol. The zero-order valence-electron chi connectivity index (χ0n) is 14.3. The number of thioether (sulfide) groups is 1. The number of hydrogen-bond donors (Lipinski definition) is 0. The van der Waals surface area contributed by atoms with Crippen LogP contribution in [0.25, 0.3) is 0 Å². The average Bonchev–Trinajstić information content (AvgIpc) is 2.88. The number of amidine groups is 1. The van der Waals surface area contributed by atoms with Crippen molar-refractivity contribution in [2.45, 2.75) is 30.9 Å². The van der Waals surface area contributed by atoms with Gasteiger partial charge in [0.1, 0.15) is 11.9 Å². The highest BCUT2D eigenvalue weighted by atomic mass is 79.9. The van der Waals surface area contributed by atoms with E-state index in [1.165, 1.54) is 11.8 Å². The van der Waals surface area contributed by atoms with E-state index < -0.39 is 5.54 Å². The zero-order chi connectivity index (χ0) is 17.6. The van der Waals surface area contributed by atoms with E-state index in [-0.39, 0.29) is 12.0 Å². The van der Waals surface area contributed by atoms with E-state index >= 15 is 0 Å². The van der Waals surface area contributed by atoms with Gasteiger partial charge < -0.3 is 9.47 Å². The Labute approximate surface area is 160 Å². The molecule has 1 aromatic rings. The number of likely N-dealkylation sites (N-methyl/N-ethyl adjacent to an activating group) is 1. The van der Waals surface area contributed by atoms with Crippen LogP contribution in [-0.4, -0.2) is 48.6 Å². The lowest BCUT2D eigenvalue weighted by molar-refractivity contribution is -0.133. The maximum Gasteiger partial charge on any atom is 0.261 e. The summed E-state index contributed by atoms with van der Waals surface area (Å²) in [4.78, 5) is 19.8. The van der Waals surface area contributed by atoms with Gasteiger partial charge in [-0.2, -0.15) is 0 Å². The minimum Gasteiger partial charge on any atom is -0.490 e. The molecule has 3 aliphatic rings. The molecule has 0 radical (unpaired) electrons. The second-order valence-electron chi connectivity index (χ2n) is 6.80. The molecule has 1 fully saturated rings. The molecule has 0 saturated carbocycles. The summed E-state index contributed by atoms with van der Waals surface area (Å²) >= 11 is 5.03. The molecule has 3 unspecified atom stereocenters. The highest BCUT2D eigenvalue weighted by Gasteiger charge is 2.54. The number of amides is 1. The molecule has 134 valence electrons. The first-order chi connectivity index (χ1) is 12.0. The van der Waals surface area contributed by atoms with Crippen molar-refractivity contribution < 1.29 is 14.3 Å². The average molecular weight is 425 g/mol. The van der Waals surface area contributed by atoms with Gasteiger partial charge in [0.05, 0.1) is 6.61 Å². The highest BCUT2D eigenvalue weighted by Crippen LogP contribution is 2.49. The Bertz CT molecular complexity index is 735. The topological polar surface area (TPSA) is 51.1 Å². The summed E-state index contributed by atoms with van der Waals surface area (Å²) in [5, 5.41) is 0.761. The molecule has 1 aromatic carbocycles. The number of fused-ring (bicyclic) bond motifs is 2. The third-order valence-electron chi connectivity index (χ3n) is 5.30. The van der Waals surface area contributed by atoms with Crippen molar-refractivity contribution in [2.24, 2.45) is 10.9 Å². The summed E-state index contributed by atoms with van der Waals surface area (Å²) in [6.07, 6.45) is 4.57. The largest absolute Gasteiger partial charge is 0.490 e. The predicted molar refractivity (Wildman–Crippen MR) is 102 cm³/mol. The van der Waals surface area contributed by atoms with Gasteiger partial charge in [-0.25, -0.2) is 4.99 Å². The fourth-order valence-corrected chi connectivity index (χ4v) is 4.96. The summed E-state index contributed by atoms with van der Waals surface area (Å²) in [5.41, 5.74) is -0.0252. The quantitative estimate of drug-likeness (QED) is 0.692. The molecule has 0 aromatic heterocycles. The normalized spacial score (nSPS) is 31.7. The van der Waals surface area contributed by atoms with E-state index in [0.717, 1.165) is 40.4 Å². The van der Waals surface area contributed by atoms with Crippen LogP contribution in [0, 0.1) is 5.92 Å². The van der Waals surface area contributed by atoms with Gasteiger partial charge in [0.25, 0.3) is 5.91 Å². The molecule has 25 heavy (non-hydrogen) atoms. The number of aliphatic imine (C=N–C) groups is 1. The van der Waals surface area contributed by atoms with Crippen molar-refractivity contribution >= 4 is 38.8 Å². The molecule has 1 spiro atoms. The Balaban J connectivity index is 1.80. The van der Waals surface area contributed by atoms with Crippen molar-refractivity contribution in [1.29, 1.82) is 0 Å². The molecule has 3 atom stereocenters. The Morgan fingerprint density at radius 3 is 2.96 bits per heavy atom. The van der Waals surface area contributed by atoms with Gasteiger partial charge in [-0.3, -0.25) is 9.69 Å². The van der Waals surface area contributed by atoms with E-state index in [4.69, 9.17) is 14.5 Å². The van der Waals surface area contributed by atoms with Crippen LogP contribution in [0.5, 0.6) is 5.75 Å². The Morgan fingerprint density at radius 2 is 2.28 bits per heavy atom. The molecule has 0 aliphatic carbocycles. The van der Waals surface area contributed by atoms with Crippen LogP contribution in [0.15, 0.2) is 27.7 Å². The lowest BCUT2D eigenvalue weighted by atomic mass is 9.78. The Hall–Kier alpha value is -1.05. The number of nitrogens with zero attached hydrogens (tertiary/aromatic N) is 2. The maximum atomic E-state index is 13.2. The Morgan fingerprint density at radius 1 is 1.44 bits per heavy atom. The monoisotopic (exact) mass is 424 g/mol. The minimum atomic E-state index is -0.882. The van der Waals surface area contributed by atoms with Gasteiger partial charge in [0, 0.05) is 36.0 Å². The van der Waals surface area contributed by atoms with Gasteiger partial charge in [-0.15, -0.1) is 0 Å². The number of ether oxygens (including phenoxy) is 2. The predicted octanol–water partition coefficient (Wildman–Crippen LogP) is 3.41. The van der Waals surface area contributed by atoms with Crippen LogP contribution < -0.4 is 4.74 Å². The molecule has 4 rings (SSSR count). The summed E-state index contributed by atoms with van der Waals surface area (Å²) in [6, 6.07) is 5.87. The molecule has 3 heterocycles. The summed E-state index contributed by atoms with van der Waals surface area (Å²) < 4.78 is 12.9. The molecular formula is C18H21BrN2O3S. The smallest absolute Gasteiger partial charge is 0.261 e. The molecule has 7 heteroatoms. The molecule has 0 bridgehead atoms. The molecule has 3 aliphatic heterocycles. The fourth-order valence-electron chi connectivity index (χ4n) is 4.00. The fraction of sp³-hybridized carbons (Fsp3) is 0.556. The second kappa shape index (κ2) is 6.59. The highest BCUT2D eigenvalue weighted by molar-refractivity contribution is 9.10. The SMILES string of the molecule is CSC1=NC2(CC(C3CCCOC3)Oc3ccc(Br)cc32)C(=O)N1C. The summed E-state index contributed by atoms with van der Waals surface area (Å²) in [5.74, 6) is 1.09. The third-order valence-corrected chi connectivity index (χ3v) is 6.52. The zero-order valence-corrected chi connectivity index (χ0v) is 16.7. The van der Waals surface area contributed by atoms with Gasteiger partial charge in [-0.05, 0) is 37.3 Å². The molecule has 1 saturated heterocycles. The maximum absolute atomic E-state index is 13.2. The lowest BCUT2D eigenvalue weighted by Crippen LogP contribution is -2.48. The van der Waals surface area contributed by atoms with Crippen molar-refractivity contribution in [2.75, 3.05) is 26.5 Å². The van der Waals surface area contributed by atoms with Gasteiger partial charge in [0.15, 0.2) is 10.7 Å². The van der Waals surface area contributed by atoms with Crippen LogP contribution in [0.3, 0.4) is 0 Å². The minimum absolute atomic E-state index is 0.0289. The van der Waals surface area contributed by atoms with E-state index in [0.29, 0.717) is 18.9 Å². The summed E-state index contributed by atoms with van der Waals surface area (Å²) in [6.45, 7) is 1.50. The first-order valence-corrected chi connectivity index (χ1v) is 10.5. The van der Waals surface area contributed by atoms with Gasteiger partial charge in [0.2, 0.25) is 0 Å². The van der Waals surface area contributed by atoms with Gasteiger partial charge >= 0.3 is 0 Å². The van der Waals surface area contributed by atoms with Crippen LogP contribution in [0.1, 0.15) is 24.8 Å². The first-order valence-electron chi connectivity index (χ1n) is 8.51. The number of benzene rings is 1. The standard InChI is InChI=1S/C18H21BrN2O3S/c1-21-16(22)18(20-17(21)25-2)9-15(11-4-3-7-23-10-11)24-14-6-5-12(19)8-13(14)18/h5-6,8,11,15H,3-4,7,9-10H2,1-2H3. The van der Waals surface area contributed by atoms with E-state index in [2.05, 4.69) is 15.9 Å². The molecule has 5 nitrogen and oxygen atoms in total. The van der Waals surface area contributed by atoms with E-state index in [1.807, 2.05) is 24.5 Å². The van der Waals surface area contributed by atoms with Crippen LogP contribution in [-0.2, 0) is 15.1 Å². The Kier molecular flexibility index (Phi) is 4.58. The van der Waals surface area contributed by atoms with Crippen LogP contribution >= 0.6 is 27.7 Å². The number of carbonyl (C=O) groups is 1. The number of rotatable bonds is 1. The van der Waals surface area contributed by atoms with Crippen molar-refractivity contribution in [3.63, 3.8) is 0 Å². The third kappa shape index (κ3) is 2.80. The number of hydrogen-bond acceptors (Lipinski definition) is 5. The van der Waals surface area contributed by atoms with Gasteiger partial charge in [-0.1, -0.05) is 27.7 Å².